The minimum atomic E-state index is -0.771. The van der Waals surface area contributed by atoms with E-state index in [0.717, 1.165) is 0 Å². The maximum atomic E-state index is 12.6. The van der Waals surface area contributed by atoms with Crippen LogP contribution in [0.5, 0.6) is 23.0 Å². The van der Waals surface area contributed by atoms with E-state index < -0.39 is 23.9 Å². The lowest BCUT2D eigenvalue weighted by Gasteiger charge is -2.12. The second kappa shape index (κ2) is 10.7. The van der Waals surface area contributed by atoms with E-state index in [1.165, 1.54) is 63.2 Å². The first-order valence-corrected chi connectivity index (χ1v) is 9.57. The van der Waals surface area contributed by atoms with Gasteiger partial charge in [-0.25, -0.2) is 19.2 Å². The van der Waals surface area contributed by atoms with Crippen LogP contribution in [0.2, 0.25) is 0 Å². The molecule has 2 rings (SSSR count). The van der Waals surface area contributed by atoms with Crippen molar-refractivity contribution in [2.24, 2.45) is 0 Å². The van der Waals surface area contributed by atoms with Crippen molar-refractivity contribution in [2.75, 3.05) is 0 Å². The lowest BCUT2D eigenvalue weighted by Crippen LogP contribution is -2.14. The number of carbonyl (C=O) groups excluding carboxylic acids is 4. The first kappa shape index (κ1) is 24.8. The predicted molar refractivity (Wildman–Crippen MR) is 119 cm³/mol. The molecule has 0 aliphatic rings. The quantitative estimate of drug-likeness (QED) is 0.332. The molecule has 0 unspecified atom stereocenters. The summed E-state index contributed by atoms with van der Waals surface area (Å²) in [6.45, 7) is 14.9. The molecule has 170 valence electrons. The highest BCUT2D eigenvalue weighted by Crippen LogP contribution is 2.30. The van der Waals surface area contributed by atoms with Gasteiger partial charge in [-0.1, -0.05) is 19.7 Å². The van der Waals surface area contributed by atoms with E-state index in [4.69, 9.17) is 18.9 Å². The van der Waals surface area contributed by atoms with E-state index in [1.807, 2.05) is 0 Å². The van der Waals surface area contributed by atoms with E-state index in [1.54, 1.807) is 0 Å². The molecule has 8 heteroatoms. The lowest BCUT2D eigenvalue weighted by molar-refractivity contribution is -0.132. The van der Waals surface area contributed by atoms with Gasteiger partial charge in [0.05, 0.1) is 5.56 Å². The van der Waals surface area contributed by atoms with Gasteiger partial charge in [-0.15, -0.1) is 0 Å². The van der Waals surface area contributed by atoms with Crippen LogP contribution >= 0.6 is 0 Å². The Morgan fingerprint density at radius 3 is 1.48 bits per heavy atom. The van der Waals surface area contributed by atoms with E-state index >= 15 is 0 Å². The Balaban J connectivity index is 2.23. The first-order valence-electron chi connectivity index (χ1n) is 9.57. The van der Waals surface area contributed by atoms with Crippen LogP contribution in [-0.4, -0.2) is 23.9 Å². The van der Waals surface area contributed by atoms with Gasteiger partial charge in [-0.2, -0.15) is 0 Å². The third kappa shape index (κ3) is 7.03. The van der Waals surface area contributed by atoms with Crippen LogP contribution in [0, 0.1) is 0 Å². The number of hydrogen-bond acceptors (Lipinski definition) is 8. The standard InChI is InChI=1S/C25H22O8/c1-14(2)22(26)30-18-8-10-19(11-9-18)31-25(29)17-7-12-20(32-23(27)15(3)4)21(13-17)33-24(28)16(5)6/h7-13H,1,3,5H2,2,4,6H3. The SMILES string of the molecule is C=C(C)C(=O)Oc1ccc(OC(=O)c2ccc(OC(=O)C(=C)C)c(OC(=O)C(=C)C)c2)cc1. The summed E-state index contributed by atoms with van der Waals surface area (Å²) in [5, 5.41) is 0. The van der Waals surface area contributed by atoms with Crippen molar-refractivity contribution in [2.45, 2.75) is 20.8 Å². The Bertz CT molecular complexity index is 1160. The number of rotatable bonds is 8. The summed E-state index contributed by atoms with van der Waals surface area (Å²) in [5.74, 6) is -2.68. The zero-order chi connectivity index (χ0) is 24.7. The van der Waals surface area contributed by atoms with Gasteiger partial charge in [0.1, 0.15) is 11.5 Å². The zero-order valence-electron chi connectivity index (χ0n) is 18.4. The highest BCUT2D eigenvalue weighted by molar-refractivity contribution is 5.94. The van der Waals surface area contributed by atoms with Crippen LogP contribution in [0.15, 0.2) is 78.9 Å². The van der Waals surface area contributed by atoms with Gasteiger partial charge in [0, 0.05) is 16.7 Å². The summed E-state index contributed by atoms with van der Waals surface area (Å²) in [6, 6.07) is 9.59. The molecular formula is C25H22O8. The number of benzene rings is 2. The molecular weight excluding hydrogens is 428 g/mol. The van der Waals surface area contributed by atoms with E-state index in [-0.39, 0.29) is 45.3 Å². The molecule has 0 radical (unpaired) electrons. The molecule has 0 fully saturated rings. The van der Waals surface area contributed by atoms with Gasteiger partial charge in [0.15, 0.2) is 11.5 Å². The summed E-state index contributed by atoms with van der Waals surface area (Å²) < 4.78 is 20.7. The Morgan fingerprint density at radius 1 is 0.576 bits per heavy atom. The molecule has 0 saturated carbocycles. The maximum absolute atomic E-state index is 12.6. The average molecular weight is 450 g/mol. The van der Waals surface area contributed by atoms with E-state index in [0.29, 0.717) is 0 Å². The molecule has 2 aromatic rings. The van der Waals surface area contributed by atoms with Gasteiger partial charge >= 0.3 is 23.9 Å². The van der Waals surface area contributed by atoms with Crippen molar-refractivity contribution in [1.29, 1.82) is 0 Å². The fourth-order valence-electron chi connectivity index (χ4n) is 2.11. The number of ether oxygens (including phenoxy) is 4. The van der Waals surface area contributed by atoms with Gasteiger partial charge in [-0.05, 0) is 63.2 Å². The Morgan fingerprint density at radius 2 is 1.00 bits per heavy atom. The van der Waals surface area contributed by atoms with Gasteiger partial charge in [0.2, 0.25) is 0 Å². The second-order valence-corrected chi connectivity index (χ2v) is 7.03. The molecule has 0 saturated heterocycles. The van der Waals surface area contributed by atoms with Crippen molar-refractivity contribution >= 4 is 23.9 Å². The van der Waals surface area contributed by atoms with Crippen molar-refractivity contribution in [3.63, 3.8) is 0 Å². The Labute approximate surface area is 190 Å². The molecule has 2 aromatic carbocycles. The van der Waals surface area contributed by atoms with Crippen LogP contribution < -0.4 is 18.9 Å². The van der Waals surface area contributed by atoms with E-state index in [2.05, 4.69) is 19.7 Å². The van der Waals surface area contributed by atoms with Gasteiger partial charge < -0.3 is 18.9 Å². The molecule has 0 heterocycles. The Hall–Kier alpha value is -4.46. The molecule has 0 aliphatic heterocycles. The van der Waals surface area contributed by atoms with Crippen molar-refractivity contribution in [3.8, 4) is 23.0 Å². The lowest BCUT2D eigenvalue weighted by atomic mass is 10.2. The highest BCUT2D eigenvalue weighted by Gasteiger charge is 2.19. The van der Waals surface area contributed by atoms with Crippen molar-refractivity contribution < 1.29 is 38.1 Å². The summed E-state index contributed by atoms with van der Waals surface area (Å²) >= 11 is 0. The minimum Gasteiger partial charge on any atom is -0.423 e. The summed E-state index contributed by atoms with van der Waals surface area (Å²) in [5.41, 5.74) is 0.499. The Kier molecular flexibility index (Phi) is 8.06. The number of esters is 4. The normalized spacial score (nSPS) is 9.91. The third-order valence-corrected chi connectivity index (χ3v) is 3.87. The van der Waals surface area contributed by atoms with Crippen LogP contribution in [0.3, 0.4) is 0 Å². The molecule has 33 heavy (non-hydrogen) atoms. The molecule has 0 spiro atoms. The zero-order valence-corrected chi connectivity index (χ0v) is 18.4. The number of carbonyl (C=O) groups is 4. The fourth-order valence-corrected chi connectivity index (χ4v) is 2.11. The van der Waals surface area contributed by atoms with Gasteiger partial charge in [-0.3, -0.25) is 0 Å². The van der Waals surface area contributed by atoms with Gasteiger partial charge in [0.25, 0.3) is 0 Å². The van der Waals surface area contributed by atoms with E-state index in [9.17, 15) is 19.2 Å². The third-order valence-electron chi connectivity index (χ3n) is 3.87. The summed E-state index contributed by atoms with van der Waals surface area (Å²) in [7, 11) is 0. The summed E-state index contributed by atoms with van der Waals surface area (Å²) in [6.07, 6.45) is 0. The largest absolute Gasteiger partial charge is 0.423 e. The van der Waals surface area contributed by atoms with Crippen molar-refractivity contribution in [3.05, 3.63) is 84.5 Å². The smallest absolute Gasteiger partial charge is 0.343 e. The second-order valence-electron chi connectivity index (χ2n) is 7.03. The molecule has 0 N–H and O–H groups in total. The maximum Gasteiger partial charge on any atom is 0.343 e. The molecule has 0 aromatic heterocycles. The molecule has 8 nitrogen and oxygen atoms in total. The average Bonchev–Trinajstić information content (AvgIpc) is 2.75. The minimum absolute atomic E-state index is 0.0208. The fraction of sp³-hybridized carbons (Fsp3) is 0.120. The van der Waals surface area contributed by atoms with Crippen molar-refractivity contribution in [1.82, 2.24) is 0 Å². The summed E-state index contributed by atoms with van der Waals surface area (Å²) in [4.78, 5) is 48.0. The number of hydrogen-bond donors (Lipinski definition) is 0. The van der Waals surface area contributed by atoms with Crippen LogP contribution in [0.1, 0.15) is 31.1 Å². The monoisotopic (exact) mass is 450 g/mol. The molecule has 0 amide bonds. The molecule has 0 bridgehead atoms. The predicted octanol–water partition coefficient (Wildman–Crippen LogP) is 4.35. The molecule has 0 atom stereocenters. The highest BCUT2D eigenvalue weighted by atomic mass is 16.6. The van der Waals surface area contributed by atoms with Crippen LogP contribution in [0.4, 0.5) is 0 Å². The first-order chi connectivity index (χ1) is 15.5. The molecule has 0 aliphatic carbocycles. The van der Waals surface area contributed by atoms with Crippen LogP contribution in [0.25, 0.3) is 0 Å². The van der Waals surface area contributed by atoms with Crippen LogP contribution in [-0.2, 0) is 14.4 Å². The topological polar surface area (TPSA) is 105 Å².